The second kappa shape index (κ2) is 5.42. The van der Waals surface area contributed by atoms with Gasteiger partial charge in [-0.1, -0.05) is 12.2 Å². The first-order valence-corrected chi connectivity index (χ1v) is 5.64. The summed E-state index contributed by atoms with van der Waals surface area (Å²) in [5.74, 6) is 1.24. The molecule has 0 atom stereocenters. The first-order valence-electron chi connectivity index (χ1n) is 5.23. The highest BCUT2D eigenvalue weighted by Crippen LogP contribution is 2.17. The number of thiocarbonyl (C=S) groups is 1. The van der Waals surface area contributed by atoms with Crippen LogP contribution in [-0.2, 0) is 0 Å². The zero-order chi connectivity index (χ0) is 13.0. The molecule has 0 aliphatic heterocycles. The number of nitrogens with one attached hydrogen (secondary N) is 1. The number of hydrogen-bond donors (Lipinski definition) is 2. The van der Waals surface area contributed by atoms with Gasteiger partial charge in [-0.2, -0.15) is 0 Å². The van der Waals surface area contributed by atoms with Crippen LogP contribution in [0.15, 0.2) is 36.5 Å². The zero-order valence-electron chi connectivity index (χ0n) is 9.75. The van der Waals surface area contributed by atoms with Crippen LogP contribution in [0.4, 0.5) is 11.6 Å². The molecule has 1 aromatic heterocycles. The number of aromatic nitrogens is 2. The molecule has 0 aliphatic carbocycles. The smallest absolute Gasteiger partial charge is 0.227 e. The summed E-state index contributed by atoms with van der Waals surface area (Å²) < 4.78 is 5.08. The Kier molecular flexibility index (Phi) is 3.69. The number of rotatable bonds is 4. The summed E-state index contributed by atoms with van der Waals surface area (Å²) >= 11 is 4.86. The Bertz CT molecular complexity index is 556. The quantitative estimate of drug-likeness (QED) is 0.817. The zero-order valence-corrected chi connectivity index (χ0v) is 10.6. The van der Waals surface area contributed by atoms with E-state index in [1.807, 2.05) is 24.3 Å². The van der Waals surface area contributed by atoms with E-state index in [2.05, 4.69) is 15.3 Å². The average Bonchev–Trinajstić information content (AvgIpc) is 2.40. The molecule has 0 aliphatic rings. The summed E-state index contributed by atoms with van der Waals surface area (Å²) in [6.45, 7) is 0. The molecule has 0 unspecified atom stereocenters. The van der Waals surface area contributed by atoms with Crippen molar-refractivity contribution in [1.82, 2.24) is 9.97 Å². The lowest BCUT2D eigenvalue weighted by atomic mass is 10.3. The van der Waals surface area contributed by atoms with Crippen molar-refractivity contribution in [2.45, 2.75) is 0 Å². The van der Waals surface area contributed by atoms with Crippen LogP contribution in [0, 0.1) is 0 Å². The molecule has 0 amide bonds. The fourth-order valence-corrected chi connectivity index (χ4v) is 1.47. The van der Waals surface area contributed by atoms with Crippen molar-refractivity contribution in [3.05, 3.63) is 42.2 Å². The fourth-order valence-electron chi connectivity index (χ4n) is 1.36. The van der Waals surface area contributed by atoms with E-state index in [1.165, 1.54) is 0 Å². The lowest BCUT2D eigenvalue weighted by molar-refractivity contribution is 0.415. The summed E-state index contributed by atoms with van der Waals surface area (Å²) in [7, 11) is 1.62. The lowest BCUT2D eigenvalue weighted by Crippen LogP contribution is -2.12. The predicted octanol–water partition coefficient (Wildman–Crippen LogP) is 1.86. The van der Waals surface area contributed by atoms with Gasteiger partial charge in [0.2, 0.25) is 5.95 Å². The average molecular weight is 260 g/mol. The Morgan fingerprint density at radius 1 is 1.28 bits per heavy atom. The monoisotopic (exact) mass is 260 g/mol. The van der Waals surface area contributed by atoms with Crippen LogP contribution in [0.5, 0.6) is 5.75 Å². The Balaban J connectivity index is 2.17. The molecule has 1 aromatic carbocycles. The Labute approximate surface area is 110 Å². The lowest BCUT2D eigenvalue weighted by Gasteiger charge is -2.06. The molecular weight excluding hydrogens is 248 g/mol. The molecule has 0 fully saturated rings. The molecule has 18 heavy (non-hydrogen) atoms. The fraction of sp³-hybridized carbons (Fsp3) is 0.0833. The number of nitrogens with zero attached hydrogens (tertiary/aromatic N) is 2. The van der Waals surface area contributed by atoms with Gasteiger partial charge in [0.1, 0.15) is 16.4 Å². The number of anilines is 2. The minimum atomic E-state index is 0.246. The van der Waals surface area contributed by atoms with E-state index in [0.717, 1.165) is 11.4 Å². The number of hydrogen-bond acceptors (Lipinski definition) is 5. The van der Waals surface area contributed by atoms with Gasteiger partial charge in [-0.3, -0.25) is 0 Å². The van der Waals surface area contributed by atoms with Gasteiger partial charge in [-0.25, -0.2) is 9.97 Å². The van der Waals surface area contributed by atoms with Crippen LogP contribution in [0.1, 0.15) is 5.69 Å². The Hall–Kier alpha value is -2.21. The van der Waals surface area contributed by atoms with Crippen molar-refractivity contribution in [1.29, 1.82) is 0 Å². The minimum absolute atomic E-state index is 0.246. The number of benzene rings is 1. The molecule has 6 heteroatoms. The van der Waals surface area contributed by atoms with E-state index in [-0.39, 0.29) is 4.99 Å². The molecule has 0 bridgehead atoms. The second-order valence-corrected chi connectivity index (χ2v) is 3.92. The molecule has 2 rings (SSSR count). The van der Waals surface area contributed by atoms with Crippen molar-refractivity contribution in [2.75, 3.05) is 12.4 Å². The Morgan fingerprint density at radius 3 is 2.61 bits per heavy atom. The van der Waals surface area contributed by atoms with Crippen molar-refractivity contribution < 1.29 is 4.74 Å². The second-order valence-electron chi connectivity index (χ2n) is 3.48. The summed E-state index contributed by atoms with van der Waals surface area (Å²) in [4.78, 5) is 8.53. The van der Waals surface area contributed by atoms with Crippen LogP contribution >= 0.6 is 12.2 Å². The highest BCUT2D eigenvalue weighted by Gasteiger charge is 2.02. The van der Waals surface area contributed by atoms with E-state index in [4.69, 9.17) is 22.7 Å². The van der Waals surface area contributed by atoms with Gasteiger partial charge in [0.05, 0.1) is 7.11 Å². The minimum Gasteiger partial charge on any atom is -0.497 e. The topological polar surface area (TPSA) is 73.1 Å². The first kappa shape index (κ1) is 12.3. The summed E-state index contributed by atoms with van der Waals surface area (Å²) in [5, 5.41) is 3.06. The molecular formula is C12H12N4OS. The number of methoxy groups -OCH3 is 1. The third-order valence-electron chi connectivity index (χ3n) is 2.25. The van der Waals surface area contributed by atoms with Gasteiger partial charge in [0.15, 0.2) is 0 Å². The van der Waals surface area contributed by atoms with Crippen molar-refractivity contribution >= 4 is 28.8 Å². The van der Waals surface area contributed by atoms with Crippen LogP contribution < -0.4 is 15.8 Å². The molecule has 1 heterocycles. The molecule has 0 saturated heterocycles. The maximum atomic E-state index is 5.51. The van der Waals surface area contributed by atoms with Crippen LogP contribution in [0.2, 0.25) is 0 Å². The van der Waals surface area contributed by atoms with Gasteiger partial charge in [-0.05, 0) is 30.3 Å². The molecule has 0 radical (unpaired) electrons. The van der Waals surface area contributed by atoms with Crippen LogP contribution in [0.3, 0.4) is 0 Å². The van der Waals surface area contributed by atoms with Crippen LogP contribution in [0.25, 0.3) is 0 Å². The molecule has 92 valence electrons. The molecule has 3 N–H and O–H groups in total. The van der Waals surface area contributed by atoms with Gasteiger partial charge in [-0.15, -0.1) is 0 Å². The van der Waals surface area contributed by atoms with Gasteiger partial charge in [0.25, 0.3) is 0 Å². The summed E-state index contributed by atoms with van der Waals surface area (Å²) in [6.07, 6.45) is 1.60. The highest BCUT2D eigenvalue weighted by atomic mass is 32.1. The highest BCUT2D eigenvalue weighted by molar-refractivity contribution is 7.80. The van der Waals surface area contributed by atoms with E-state index < -0.39 is 0 Å². The standard InChI is InChI=1S/C12H12N4OS/c1-17-9-4-2-8(3-5-9)15-12-14-7-6-10(16-12)11(13)18/h2-7H,1H3,(H2,13,18)(H,14,15,16). The third-order valence-corrected chi connectivity index (χ3v) is 2.46. The van der Waals surface area contributed by atoms with Crippen molar-refractivity contribution in [3.63, 3.8) is 0 Å². The van der Waals surface area contributed by atoms with E-state index in [0.29, 0.717) is 11.6 Å². The Morgan fingerprint density at radius 2 is 2.00 bits per heavy atom. The van der Waals surface area contributed by atoms with Crippen LogP contribution in [-0.4, -0.2) is 22.1 Å². The summed E-state index contributed by atoms with van der Waals surface area (Å²) in [6, 6.07) is 9.10. The first-order chi connectivity index (χ1) is 8.69. The maximum absolute atomic E-state index is 5.51. The number of ether oxygens (including phenoxy) is 1. The molecule has 2 aromatic rings. The third kappa shape index (κ3) is 2.92. The molecule has 0 spiro atoms. The van der Waals surface area contributed by atoms with Crippen molar-refractivity contribution in [3.8, 4) is 5.75 Å². The molecule has 0 saturated carbocycles. The summed E-state index contributed by atoms with van der Waals surface area (Å²) in [5.41, 5.74) is 6.91. The number of nitrogens with two attached hydrogens (primary N) is 1. The van der Waals surface area contributed by atoms with Gasteiger partial charge < -0.3 is 15.8 Å². The van der Waals surface area contributed by atoms with Gasteiger partial charge >= 0.3 is 0 Å². The normalized spacial score (nSPS) is 9.83. The largest absolute Gasteiger partial charge is 0.497 e. The van der Waals surface area contributed by atoms with E-state index >= 15 is 0 Å². The van der Waals surface area contributed by atoms with E-state index in [9.17, 15) is 0 Å². The SMILES string of the molecule is COc1ccc(Nc2nccc(C(N)=S)n2)cc1. The predicted molar refractivity (Wildman–Crippen MR) is 74.2 cm³/mol. The maximum Gasteiger partial charge on any atom is 0.227 e. The van der Waals surface area contributed by atoms with Crippen molar-refractivity contribution in [2.24, 2.45) is 5.73 Å². The van der Waals surface area contributed by atoms with E-state index in [1.54, 1.807) is 19.4 Å². The molecule has 5 nitrogen and oxygen atoms in total. The van der Waals surface area contributed by atoms with Gasteiger partial charge in [0, 0.05) is 11.9 Å².